The van der Waals surface area contributed by atoms with Crippen LogP contribution < -0.4 is 5.19 Å². The van der Waals surface area contributed by atoms with Crippen molar-refractivity contribution in [3.8, 4) is 28.3 Å². The van der Waals surface area contributed by atoms with E-state index in [1.807, 2.05) is 72.9 Å². The number of rotatable bonds is 6. The van der Waals surface area contributed by atoms with Gasteiger partial charge in [-0.15, -0.1) is 53.6 Å². The Hall–Kier alpha value is -4.61. The van der Waals surface area contributed by atoms with Crippen LogP contribution in [0.1, 0.15) is 42.9 Å². The molecule has 0 amide bonds. The molecule has 265 valence electrons. The second kappa shape index (κ2) is 14.8. The minimum absolute atomic E-state index is 0. The SMILES string of the molecule is [2H]C([2H])([2H])c1c[c-]c(-c2cc(C(C)(C)C(C)C)c([Si](C)(C)C)cn2)cc1.[Ir].[c-]1ccc2c(oc3ccccc32)c1-c1nc2ccccc2n1-c1ccccc1. The van der Waals surface area contributed by atoms with Crippen LogP contribution in [-0.4, -0.2) is 22.6 Å². The van der Waals surface area contributed by atoms with E-state index in [2.05, 4.69) is 100 Å². The van der Waals surface area contributed by atoms with E-state index in [4.69, 9.17) is 18.5 Å². The number of hydrogen-bond donors (Lipinski definition) is 0. The fourth-order valence-electron chi connectivity index (χ4n) is 6.52. The Kier molecular flexibility index (Phi) is 9.45. The Morgan fingerprint density at radius 1 is 0.846 bits per heavy atom. The molecule has 3 heterocycles. The van der Waals surface area contributed by atoms with Crippen LogP contribution in [0.15, 0.2) is 126 Å². The first-order valence-corrected chi connectivity index (χ1v) is 21.0. The van der Waals surface area contributed by atoms with E-state index in [1.54, 1.807) is 12.1 Å². The standard InChI is InChI=1S/C25H15N2O.C21H30NSi.Ir/c1-2-9-17(10-3-1)27-22-15-6-5-14-21(22)26-25(27)20-13-8-12-19-18-11-4-7-16-23(18)28-24(19)20;1-15(2)21(4,5)18-13-19(17-11-9-16(3)10-12-17)22-14-20(18)23(6,7)8;/h1-12,14-16H;9-11,13-15H,1-8H3;/q2*-1;/i;3D3;. The summed E-state index contributed by atoms with van der Waals surface area (Å²) in [5.41, 5.74) is 9.01. The van der Waals surface area contributed by atoms with Crippen LogP contribution in [0.5, 0.6) is 0 Å². The van der Waals surface area contributed by atoms with Crippen molar-refractivity contribution in [2.75, 3.05) is 0 Å². The summed E-state index contributed by atoms with van der Waals surface area (Å²) in [6.07, 6.45) is 2.03. The average Bonchev–Trinajstić information content (AvgIpc) is 3.73. The van der Waals surface area contributed by atoms with Gasteiger partial charge >= 0.3 is 0 Å². The maximum absolute atomic E-state index is 7.51. The van der Waals surface area contributed by atoms with Gasteiger partial charge in [0.25, 0.3) is 0 Å². The average molecular weight is 879 g/mol. The maximum Gasteiger partial charge on any atom is 0.120 e. The van der Waals surface area contributed by atoms with Crippen LogP contribution in [0.25, 0.3) is 61.3 Å². The van der Waals surface area contributed by atoms with Crippen molar-refractivity contribution in [3.05, 3.63) is 145 Å². The number of para-hydroxylation sites is 4. The first-order chi connectivity index (χ1) is 25.6. The molecule has 0 aliphatic carbocycles. The molecule has 0 fully saturated rings. The third-order valence-electron chi connectivity index (χ3n) is 10.1. The Balaban J connectivity index is 0.000000185. The zero-order valence-electron chi connectivity index (χ0n) is 33.7. The first kappa shape index (κ1) is 33.2. The Labute approximate surface area is 326 Å². The summed E-state index contributed by atoms with van der Waals surface area (Å²) < 4.78 is 30.9. The van der Waals surface area contributed by atoms with Crippen LogP contribution in [0.3, 0.4) is 0 Å². The molecule has 1 radical (unpaired) electrons. The fourth-order valence-corrected chi connectivity index (χ4v) is 8.17. The number of aromatic nitrogens is 3. The predicted octanol–water partition coefficient (Wildman–Crippen LogP) is 11.7. The van der Waals surface area contributed by atoms with Crippen molar-refractivity contribution in [1.82, 2.24) is 14.5 Å². The number of nitrogens with zero attached hydrogens (tertiary/aromatic N) is 3. The summed E-state index contributed by atoms with van der Waals surface area (Å²) in [6.45, 7) is 14.0. The van der Waals surface area contributed by atoms with Crippen molar-refractivity contribution < 1.29 is 28.6 Å². The number of imidazole rings is 1. The van der Waals surface area contributed by atoms with Gasteiger partial charge in [-0.2, -0.15) is 0 Å². The summed E-state index contributed by atoms with van der Waals surface area (Å²) in [4.78, 5) is 9.65. The van der Waals surface area contributed by atoms with Gasteiger partial charge in [-0.05, 0) is 58.1 Å². The van der Waals surface area contributed by atoms with Crippen molar-refractivity contribution >= 4 is 46.2 Å². The minimum Gasteiger partial charge on any atom is -0.501 e. The van der Waals surface area contributed by atoms with E-state index >= 15 is 0 Å². The summed E-state index contributed by atoms with van der Waals surface area (Å²) >= 11 is 0. The molecule has 8 rings (SSSR count). The fraction of sp³-hybridized carbons (Fsp3) is 0.217. The number of hydrogen-bond acceptors (Lipinski definition) is 3. The monoisotopic (exact) mass is 879 g/mol. The normalized spacial score (nSPS) is 13.0. The maximum atomic E-state index is 7.51. The molecular weight excluding hydrogens is 831 g/mol. The molecule has 0 atom stereocenters. The van der Waals surface area contributed by atoms with E-state index in [-0.39, 0.29) is 25.5 Å². The van der Waals surface area contributed by atoms with Gasteiger partial charge < -0.3 is 14.0 Å². The van der Waals surface area contributed by atoms with E-state index in [0.29, 0.717) is 11.5 Å². The molecule has 0 aliphatic heterocycles. The van der Waals surface area contributed by atoms with Gasteiger partial charge in [0, 0.05) is 41.5 Å². The Bertz CT molecular complexity index is 2590. The van der Waals surface area contributed by atoms with Crippen LogP contribution in [0, 0.1) is 24.9 Å². The van der Waals surface area contributed by atoms with Crippen molar-refractivity contribution in [1.29, 1.82) is 0 Å². The van der Waals surface area contributed by atoms with Crippen molar-refractivity contribution in [3.63, 3.8) is 0 Å². The number of furan rings is 1. The molecule has 0 unspecified atom stereocenters. The van der Waals surface area contributed by atoms with Crippen LogP contribution in [0.4, 0.5) is 0 Å². The Morgan fingerprint density at radius 3 is 2.29 bits per heavy atom. The quantitative estimate of drug-likeness (QED) is 0.123. The molecule has 6 heteroatoms. The van der Waals surface area contributed by atoms with Gasteiger partial charge in [-0.3, -0.25) is 4.98 Å². The van der Waals surface area contributed by atoms with Crippen molar-refractivity contribution in [2.24, 2.45) is 5.92 Å². The van der Waals surface area contributed by atoms with Gasteiger partial charge in [-0.1, -0.05) is 120 Å². The molecule has 0 saturated heterocycles. The third-order valence-corrected chi connectivity index (χ3v) is 12.1. The molecular formula is C46H45IrN3OSi-2. The van der Waals surface area contributed by atoms with Crippen molar-refractivity contribution in [2.45, 2.75) is 59.6 Å². The van der Waals surface area contributed by atoms with Gasteiger partial charge in [0.1, 0.15) is 5.58 Å². The molecule has 5 aromatic carbocycles. The second-order valence-corrected chi connectivity index (χ2v) is 20.1. The summed E-state index contributed by atoms with van der Waals surface area (Å²) in [6, 6.07) is 44.3. The molecule has 0 bridgehead atoms. The van der Waals surface area contributed by atoms with Gasteiger partial charge in [0.2, 0.25) is 0 Å². The van der Waals surface area contributed by atoms with E-state index in [1.165, 1.54) is 10.8 Å². The van der Waals surface area contributed by atoms with Crippen LogP contribution in [0.2, 0.25) is 19.6 Å². The molecule has 4 nitrogen and oxygen atoms in total. The number of pyridine rings is 1. The summed E-state index contributed by atoms with van der Waals surface area (Å²) in [5, 5.41) is 3.57. The second-order valence-electron chi connectivity index (χ2n) is 15.0. The van der Waals surface area contributed by atoms with E-state index in [0.717, 1.165) is 61.3 Å². The third kappa shape index (κ3) is 7.08. The van der Waals surface area contributed by atoms with E-state index in [9.17, 15) is 0 Å². The molecule has 52 heavy (non-hydrogen) atoms. The number of fused-ring (bicyclic) bond motifs is 4. The van der Waals surface area contributed by atoms with Gasteiger partial charge in [0.15, 0.2) is 0 Å². The predicted molar refractivity (Wildman–Crippen MR) is 217 cm³/mol. The van der Waals surface area contributed by atoms with Crippen LogP contribution in [-0.2, 0) is 25.5 Å². The molecule has 8 aromatic rings. The first-order valence-electron chi connectivity index (χ1n) is 19.0. The van der Waals surface area contributed by atoms with E-state index < -0.39 is 14.9 Å². The zero-order chi connectivity index (χ0) is 38.4. The zero-order valence-corrected chi connectivity index (χ0v) is 34.1. The van der Waals surface area contributed by atoms with Crippen LogP contribution >= 0.6 is 0 Å². The minimum atomic E-state index is -2.10. The Morgan fingerprint density at radius 2 is 1.58 bits per heavy atom. The topological polar surface area (TPSA) is 43.9 Å². The largest absolute Gasteiger partial charge is 0.501 e. The summed E-state index contributed by atoms with van der Waals surface area (Å²) in [7, 11) is -1.54. The molecule has 0 aliphatic rings. The smallest absolute Gasteiger partial charge is 0.120 e. The molecule has 0 saturated carbocycles. The molecule has 0 spiro atoms. The molecule has 0 N–H and O–H groups in total. The van der Waals surface area contributed by atoms with Gasteiger partial charge in [0.05, 0.1) is 30.5 Å². The number of benzene rings is 5. The van der Waals surface area contributed by atoms with Gasteiger partial charge in [-0.25, -0.2) is 0 Å². The summed E-state index contributed by atoms with van der Waals surface area (Å²) in [5.74, 6) is 1.33. The number of aryl methyl sites for hydroxylation is 1. The molecule has 3 aromatic heterocycles.